The molecule has 6 aromatic heterocycles. The molecule has 0 bridgehead atoms. The zero-order valence-electron chi connectivity index (χ0n) is 37.0. The first-order valence-electron chi connectivity index (χ1n) is 23.2. The lowest BCUT2D eigenvalue weighted by atomic mass is 10.0. The van der Waals surface area contributed by atoms with E-state index in [4.69, 9.17) is 4.98 Å². The molecule has 2 N–H and O–H groups in total. The lowest BCUT2D eigenvalue weighted by Crippen LogP contribution is -2.51. The molecule has 1 saturated carbocycles. The summed E-state index contributed by atoms with van der Waals surface area (Å²) >= 11 is 1.78. The van der Waals surface area contributed by atoms with Gasteiger partial charge < -0.3 is 30.2 Å². The summed E-state index contributed by atoms with van der Waals surface area (Å²) in [5.74, 6) is -1.94. The molecule has 0 aromatic carbocycles. The van der Waals surface area contributed by atoms with Crippen LogP contribution >= 0.6 is 11.3 Å². The Labute approximate surface area is 380 Å². The molecule has 10 heterocycles. The molecule has 1 aliphatic carbocycles. The predicted octanol–water partition coefficient (Wildman–Crippen LogP) is 5.11. The maximum absolute atomic E-state index is 14.1. The average Bonchev–Trinajstić information content (AvgIpc) is 3.82. The third-order valence-corrected chi connectivity index (χ3v) is 15.4. The van der Waals surface area contributed by atoms with Gasteiger partial charge in [-0.05, 0) is 56.9 Å². The van der Waals surface area contributed by atoms with E-state index >= 15 is 0 Å². The Kier molecular flexibility index (Phi) is 11.0. The lowest BCUT2D eigenvalue weighted by molar-refractivity contribution is -0.133. The third kappa shape index (κ3) is 8.30. The fraction of sp³-hybridized carbons (Fsp3) is 0.522. The van der Waals surface area contributed by atoms with E-state index in [-0.39, 0.29) is 24.9 Å². The maximum atomic E-state index is 14.1. The maximum Gasteiger partial charge on any atom is 0.317 e. The number of aromatic nitrogens is 7. The summed E-state index contributed by atoms with van der Waals surface area (Å²) in [4.78, 5) is 43.9. The summed E-state index contributed by atoms with van der Waals surface area (Å²) < 4.78 is 33.6. The van der Waals surface area contributed by atoms with Crippen molar-refractivity contribution in [3.8, 4) is 21.7 Å². The zero-order chi connectivity index (χ0) is 44.4. The molecule has 4 fully saturated rings. The second kappa shape index (κ2) is 17.0. The predicted molar refractivity (Wildman–Crippen MR) is 246 cm³/mol. The molecular weight excluding hydrogens is 851 g/mol. The van der Waals surface area contributed by atoms with Crippen molar-refractivity contribution in [3.05, 3.63) is 72.0 Å². The van der Waals surface area contributed by atoms with Crippen LogP contribution in [0.25, 0.3) is 32.7 Å². The van der Waals surface area contributed by atoms with E-state index in [9.17, 15) is 18.4 Å². The van der Waals surface area contributed by atoms with Crippen molar-refractivity contribution in [1.29, 1.82) is 0 Å². The summed E-state index contributed by atoms with van der Waals surface area (Å²) in [6.45, 7) is 12.6. The fourth-order valence-electron chi connectivity index (χ4n) is 10.5. The Morgan fingerprint density at radius 3 is 2.25 bits per heavy atom. The molecule has 6 aromatic rings. The minimum atomic E-state index is -2.75. The van der Waals surface area contributed by atoms with Crippen LogP contribution < -0.4 is 20.4 Å². The number of amides is 3. The second-order valence-electron chi connectivity index (χ2n) is 18.5. The van der Waals surface area contributed by atoms with Gasteiger partial charge in [0.15, 0.2) is 0 Å². The molecule has 342 valence electrons. The van der Waals surface area contributed by atoms with Gasteiger partial charge in [-0.1, -0.05) is 0 Å². The number of anilines is 2. The van der Waals surface area contributed by atoms with E-state index in [0.29, 0.717) is 57.1 Å². The van der Waals surface area contributed by atoms with E-state index in [1.54, 1.807) is 28.4 Å². The quantitative estimate of drug-likeness (QED) is 0.191. The first-order valence-corrected chi connectivity index (χ1v) is 24.0. The molecule has 5 aliphatic rings. The number of halogens is 2. The molecule has 0 radical (unpaired) electrons. The van der Waals surface area contributed by atoms with Gasteiger partial charge in [0.25, 0.3) is 5.92 Å². The number of rotatable bonds is 10. The fourth-order valence-corrected chi connectivity index (χ4v) is 11.6. The summed E-state index contributed by atoms with van der Waals surface area (Å²) in [5, 5.41) is 20.4. The number of nitrogens with one attached hydrogen (secondary N) is 2. The number of hydrogen-bond donors (Lipinski definition) is 2. The van der Waals surface area contributed by atoms with Crippen LogP contribution in [0.2, 0.25) is 0 Å². The number of nitrogens with zero attached hydrogens (tertiary/aromatic N) is 12. The summed E-state index contributed by atoms with van der Waals surface area (Å²) in [7, 11) is 0. The van der Waals surface area contributed by atoms with Crippen LogP contribution in [0.5, 0.6) is 0 Å². The van der Waals surface area contributed by atoms with E-state index in [1.165, 1.54) is 10.6 Å². The largest absolute Gasteiger partial charge is 0.366 e. The van der Waals surface area contributed by atoms with E-state index in [1.807, 2.05) is 45.5 Å². The highest BCUT2D eigenvalue weighted by Gasteiger charge is 2.46. The highest BCUT2D eigenvalue weighted by atomic mass is 32.1. The monoisotopic (exact) mass is 906 g/mol. The minimum Gasteiger partial charge on any atom is -0.366 e. The van der Waals surface area contributed by atoms with Crippen LogP contribution in [0, 0.1) is 11.8 Å². The van der Waals surface area contributed by atoms with Gasteiger partial charge in [-0.25, -0.2) is 27.6 Å². The normalized spacial score (nSPS) is 23.0. The van der Waals surface area contributed by atoms with Crippen molar-refractivity contribution in [2.75, 3.05) is 88.3 Å². The highest BCUT2D eigenvalue weighted by molar-refractivity contribution is 7.15. The number of piperazine rings is 2. The van der Waals surface area contributed by atoms with Gasteiger partial charge in [-0.2, -0.15) is 15.3 Å². The highest BCUT2D eigenvalue weighted by Crippen LogP contribution is 2.45. The first kappa shape index (κ1) is 42.0. The van der Waals surface area contributed by atoms with Crippen LogP contribution in [0.3, 0.4) is 0 Å². The van der Waals surface area contributed by atoms with Crippen molar-refractivity contribution >= 4 is 45.7 Å². The van der Waals surface area contributed by atoms with Gasteiger partial charge >= 0.3 is 6.03 Å². The Morgan fingerprint density at radius 2 is 1.55 bits per heavy atom. The van der Waals surface area contributed by atoms with Gasteiger partial charge in [0, 0.05) is 156 Å². The van der Waals surface area contributed by atoms with E-state index in [0.717, 1.165) is 103 Å². The molecule has 4 aliphatic heterocycles. The number of fused-ring (bicyclic) bond motifs is 3. The topological polar surface area (TPSA) is 140 Å². The van der Waals surface area contributed by atoms with Crippen molar-refractivity contribution in [3.63, 3.8) is 0 Å². The number of piperidine rings is 1. The number of hydrogen-bond acceptors (Lipinski definition) is 11. The molecule has 4 unspecified atom stereocenters. The van der Waals surface area contributed by atoms with Crippen LogP contribution in [-0.4, -0.2) is 151 Å². The summed E-state index contributed by atoms with van der Waals surface area (Å²) in [6, 6.07) is 8.36. The van der Waals surface area contributed by atoms with E-state index in [2.05, 4.69) is 76.8 Å². The smallest absolute Gasteiger partial charge is 0.317 e. The second-order valence-corrected chi connectivity index (χ2v) is 19.6. The van der Waals surface area contributed by atoms with Gasteiger partial charge in [0.05, 0.1) is 46.9 Å². The number of carbonyl (C=O) groups excluding carboxylic acids is 2. The molecule has 3 saturated heterocycles. The molecule has 65 heavy (non-hydrogen) atoms. The van der Waals surface area contributed by atoms with Gasteiger partial charge in [0.2, 0.25) is 5.91 Å². The van der Waals surface area contributed by atoms with Gasteiger partial charge in [0.1, 0.15) is 5.01 Å². The number of urea groups is 1. The van der Waals surface area contributed by atoms with Gasteiger partial charge in [-0.15, -0.1) is 11.3 Å². The van der Waals surface area contributed by atoms with Crippen molar-refractivity contribution in [2.45, 2.75) is 64.1 Å². The minimum absolute atomic E-state index is 0.00232. The van der Waals surface area contributed by atoms with Crippen molar-refractivity contribution in [1.82, 2.24) is 59.3 Å². The van der Waals surface area contributed by atoms with Crippen LogP contribution in [0.4, 0.5) is 25.0 Å². The number of alkyl halides is 2. The number of thiazole rings is 1. The molecule has 16 nitrogen and oxygen atoms in total. The van der Waals surface area contributed by atoms with Gasteiger partial charge in [-0.3, -0.25) is 14.4 Å². The summed E-state index contributed by atoms with van der Waals surface area (Å²) in [6.07, 6.45) is 13.9. The zero-order valence-corrected chi connectivity index (χ0v) is 37.8. The third-order valence-electron chi connectivity index (χ3n) is 14.3. The number of carbonyl (C=O) groups is 2. The Balaban J connectivity index is 0.674. The summed E-state index contributed by atoms with van der Waals surface area (Å²) in [5.41, 5.74) is 8.25. The van der Waals surface area contributed by atoms with E-state index < -0.39 is 12.0 Å². The van der Waals surface area contributed by atoms with Crippen molar-refractivity contribution < 1.29 is 18.4 Å². The first-order chi connectivity index (χ1) is 31.6. The standard InChI is InChI=1S/C46H56F2N14O2S/c1-3-50-45(64)58-16-12-56(13-17-58)39-5-8-52-62-26-33(21-41(39)62)43-54-37-6-9-59(28-42(37)65-43)30(2)18-31-19-36(31)44(63)57-14-10-55(11-15-57)38-4-7-51-61-25-32(20-40(38)61)34-23-53-60(27-34)35-22-46(47,48)29-49-24-35/h4-5,7-8,20-21,23,25-27,30-31,35-36,49H,3,6,9-19,22,24,28-29H2,1-2H3,(H,50,64). The Morgan fingerprint density at radius 1 is 0.877 bits per heavy atom. The van der Waals surface area contributed by atoms with Crippen molar-refractivity contribution in [2.24, 2.45) is 11.8 Å². The Hall–Kier alpha value is -5.66. The molecule has 0 spiro atoms. The van der Waals surface area contributed by atoms with Crippen LogP contribution in [-0.2, 0) is 17.8 Å². The molecule has 19 heteroatoms. The molecule has 11 rings (SSSR count). The lowest BCUT2D eigenvalue weighted by Gasteiger charge is -2.36. The van der Waals surface area contributed by atoms with Crippen LogP contribution in [0.1, 0.15) is 49.7 Å². The molecule has 3 amide bonds. The molecule has 4 atom stereocenters. The SMILES string of the molecule is CCNC(=O)N1CCN(c2ccnn3cc(-c4nc5c(s4)CN(C(C)CC4CC4C(=O)N4CCN(c6ccnn7cc(-c8cnn(C9CNCC(F)(F)C9)c8)cc67)CC4)CC5)cc23)CC1. The average molecular weight is 907 g/mol. The Bertz CT molecular complexity index is 2710. The van der Waals surface area contributed by atoms with Crippen LogP contribution in [0.15, 0.2) is 61.4 Å². The molecular formula is C46H56F2N14O2S.